The number of allylic oxidation sites excluding steroid dienone is 2. The van der Waals surface area contributed by atoms with Crippen molar-refractivity contribution in [1.29, 1.82) is 0 Å². The Bertz CT molecular complexity index is 1800. The maximum atomic E-state index is 11.8. The molecule has 0 fully saturated rings. The fourth-order valence-corrected chi connectivity index (χ4v) is 4.00. The zero-order valence-corrected chi connectivity index (χ0v) is 30.9. The Hall–Kier alpha value is -6.44. The van der Waals surface area contributed by atoms with Crippen LogP contribution in [0.4, 0.5) is 22.7 Å². The average molecular weight is 728 g/mol. The first-order valence-electron chi connectivity index (χ1n) is 15.4. The summed E-state index contributed by atoms with van der Waals surface area (Å²) in [6.45, 7) is 0. The van der Waals surface area contributed by atoms with Gasteiger partial charge >= 0.3 is 19.5 Å². The minimum Gasteiger partial charge on any atom is -0.872 e. The Kier molecular flexibility index (Phi) is 17.8. The molecule has 6 rings (SSSR count). The van der Waals surface area contributed by atoms with Crippen LogP contribution < -0.4 is 33.1 Å². The van der Waals surface area contributed by atoms with Gasteiger partial charge in [0.1, 0.15) is 0 Å². The molecule has 0 bridgehead atoms. The normalized spacial score (nSPS) is 10.3. The standard InChI is InChI=1S/2C15H12O2.2C6H8N2.Zn/c2*16-14(12-7-3-1-4-8-12)11-15(17)13-9-5-2-6-10-13;2*7-5-3-1-2-4-6(5)8;/h2*1-11,16H;2*1-4H,7-8H2;/q;;;;+2/p-2/b2*14-11-;;;. The summed E-state index contributed by atoms with van der Waals surface area (Å²) in [5, 5.41) is 23.5. The van der Waals surface area contributed by atoms with Crippen molar-refractivity contribution in [3.63, 3.8) is 0 Å². The van der Waals surface area contributed by atoms with E-state index in [2.05, 4.69) is 0 Å². The molecule has 0 amide bonds. The van der Waals surface area contributed by atoms with E-state index in [1.807, 2.05) is 48.5 Å². The molecule has 0 atom stereocenters. The van der Waals surface area contributed by atoms with Crippen LogP contribution in [0.3, 0.4) is 0 Å². The Morgan fingerprint density at radius 3 is 0.765 bits per heavy atom. The summed E-state index contributed by atoms with van der Waals surface area (Å²) in [6.07, 6.45) is 2.26. The minimum absolute atomic E-state index is 0. The molecule has 6 aromatic carbocycles. The molecular formula is C42H38N4O4Zn. The number of nitrogen functional groups attached to an aromatic ring is 4. The molecule has 0 aliphatic heterocycles. The van der Waals surface area contributed by atoms with Crippen molar-refractivity contribution in [3.8, 4) is 0 Å². The second-order valence-corrected chi connectivity index (χ2v) is 10.5. The van der Waals surface area contributed by atoms with Crippen LogP contribution in [0.15, 0.2) is 182 Å². The van der Waals surface area contributed by atoms with Crippen molar-refractivity contribution >= 4 is 45.8 Å². The van der Waals surface area contributed by atoms with Crippen molar-refractivity contribution in [3.05, 3.63) is 204 Å². The quantitative estimate of drug-likeness (QED) is 0.0511. The van der Waals surface area contributed by atoms with Gasteiger partial charge in [-0.3, -0.25) is 9.59 Å². The van der Waals surface area contributed by atoms with E-state index < -0.39 is 0 Å². The SMILES string of the molecule is Nc1ccccc1N.Nc1ccccc1N.O=C(/C=C(\[O-])c1ccccc1)c1ccccc1.O=C(/C=C(\[O-])c1ccccc1)c1ccccc1.[Zn+2]. The first-order valence-corrected chi connectivity index (χ1v) is 15.4. The molecule has 252 valence electrons. The molecule has 51 heavy (non-hydrogen) atoms. The number of rotatable bonds is 6. The molecule has 0 aliphatic rings. The maximum Gasteiger partial charge on any atom is 2.00 e. The molecule has 8 N–H and O–H groups in total. The van der Waals surface area contributed by atoms with E-state index in [9.17, 15) is 19.8 Å². The maximum absolute atomic E-state index is 11.8. The largest absolute Gasteiger partial charge is 2.00 e. The fourth-order valence-electron chi connectivity index (χ4n) is 4.00. The van der Waals surface area contributed by atoms with Crippen molar-refractivity contribution < 1.29 is 39.3 Å². The number of para-hydroxylation sites is 4. The third-order valence-electron chi connectivity index (χ3n) is 6.75. The summed E-state index contributed by atoms with van der Waals surface area (Å²) in [6, 6.07) is 49.5. The number of hydrogen-bond donors (Lipinski definition) is 4. The third-order valence-corrected chi connectivity index (χ3v) is 6.75. The van der Waals surface area contributed by atoms with Crippen molar-refractivity contribution in [2.75, 3.05) is 22.9 Å². The topological polar surface area (TPSA) is 184 Å². The zero-order valence-electron chi connectivity index (χ0n) is 28.0. The summed E-state index contributed by atoms with van der Waals surface area (Å²) in [5.74, 6) is -1.06. The summed E-state index contributed by atoms with van der Waals surface area (Å²) >= 11 is 0. The monoisotopic (exact) mass is 726 g/mol. The number of carbonyl (C=O) groups excluding carboxylic acids is 2. The number of carbonyl (C=O) groups is 2. The second-order valence-electron chi connectivity index (χ2n) is 10.5. The van der Waals surface area contributed by atoms with E-state index in [0.29, 0.717) is 45.0 Å². The number of benzene rings is 6. The van der Waals surface area contributed by atoms with E-state index in [4.69, 9.17) is 22.9 Å². The molecule has 0 spiro atoms. The van der Waals surface area contributed by atoms with Gasteiger partial charge in [-0.25, -0.2) is 0 Å². The van der Waals surface area contributed by atoms with Gasteiger partial charge in [0, 0.05) is 11.1 Å². The van der Waals surface area contributed by atoms with Crippen LogP contribution in [0.1, 0.15) is 31.8 Å². The summed E-state index contributed by atoms with van der Waals surface area (Å²) in [5.41, 5.74) is 26.3. The van der Waals surface area contributed by atoms with Crippen molar-refractivity contribution in [2.45, 2.75) is 0 Å². The molecule has 0 aromatic heterocycles. The minimum atomic E-state index is -0.264. The van der Waals surface area contributed by atoms with E-state index >= 15 is 0 Å². The molecule has 0 aliphatic carbocycles. The van der Waals surface area contributed by atoms with Gasteiger partial charge in [-0.05, 0) is 47.5 Å². The van der Waals surface area contributed by atoms with E-state index in [1.165, 1.54) is 0 Å². The molecule has 6 aromatic rings. The number of ketones is 2. The molecule has 0 heterocycles. The molecular weight excluding hydrogens is 690 g/mol. The van der Waals surface area contributed by atoms with Crippen LogP contribution in [-0.2, 0) is 19.5 Å². The van der Waals surface area contributed by atoms with Crippen molar-refractivity contribution in [1.82, 2.24) is 0 Å². The third kappa shape index (κ3) is 14.7. The predicted octanol–water partition coefficient (Wildman–Crippen LogP) is 6.24. The number of nitrogens with two attached hydrogens (primary N) is 4. The van der Waals surface area contributed by atoms with Gasteiger partial charge in [0.15, 0.2) is 11.6 Å². The van der Waals surface area contributed by atoms with Crippen LogP contribution in [-0.4, -0.2) is 11.6 Å². The molecule has 0 radical (unpaired) electrons. The van der Waals surface area contributed by atoms with Crippen LogP contribution in [0, 0.1) is 0 Å². The van der Waals surface area contributed by atoms with Crippen LogP contribution >= 0.6 is 0 Å². The second kappa shape index (κ2) is 22.2. The molecule has 0 saturated carbocycles. The first-order chi connectivity index (χ1) is 24.2. The molecule has 0 saturated heterocycles. The fraction of sp³-hybridized carbons (Fsp3) is 0. The van der Waals surface area contributed by atoms with Gasteiger partial charge in [0.05, 0.1) is 22.7 Å². The van der Waals surface area contributed by atoms with E-state index in [0.717, 1.165) is 12.2 Å². The average Bonchev–Trinajstić information content (AvgIpc) is 3.16. The Balaban J connectivity index is 0.000000248. The van der Waals surface area contributed by atoms with E-state index in [1.54, 1.807) is 121 Å². The van der Waals surface area contributed by atoms with Crippen LogP contribution in [0.5, 0.6) is 0 Å². The van der Waals surface area contributed by atoms with Gasteiger partial charge in [0.2, 0.25) is 0 Å². The number of anilines is 4. The van der Waals surface area contributed by atoms with Crippen LogP contribution in [0.2, 0.25) is 0 Å². The Morgan fingerprint density at radius 2 is 0.549 bits per heavy atom. The smallest absolute Gasteiger partial charge is 0.872 e. The van der Waals surface area contributed by atoms with Crippen molar-refractivity contribution in [2.24, 2.45) is 0 Å². The Labute approximate surface area is 311 Å². The molecule has 9 heteroatoms. The van der Waals surface area contributed by atoms with Gasteiger partial charge in [-0.1, -0.05) is 157 Å². The van der Waals surface area contributed by atoms with Crippen LogP contribution in [0.25, 0.3) is 11.5 Å². The first kappa shape index (κ1) is 40.7. The van der Waals surface area contributed by atoms with Gasteiger partial charge < -0.3 is 33.1 Å². The Morgan fingerprint density at radius 1 is 0.353 bits per heavy atom. The van der Waals surface area contributed by atoms with Gasteiger partial charge in [0.25, 0.3) is 0 Å². The summed E-state index contributed by atoms with van der Waals surface area (Å²) in [4.78, 5) is 23.5. The number of hydrogen-bond acceptors (Lipinski definition) is 8. The van der Waals surface area contributed by atoms with Gasteiger partial charge in [-0.2, -0.15) is 0 Å². The predicted molar refractivity (Wildman–Crippen MR) is 201 cm³/mol. The van der Waals surface area contributed by atoms with Gasteiger partial charge in [-0.15, -0.1) is 0 Å². The van der Waals surface area contributed by atoms with E-state index in [-0.39, 0.29) is 42.6 Å². The molecule has 8 nitrogen and oxygen atoms in total. The zero-order chi connectivity index (χ0) is 36.1. The molecule has 0 unspecified atom stereocenters. The summed E-state index contributed by atoms with van der Waals surface area (Å²) < 4.78 is 0. The summed E-state index contributed by atoms with van der Waals surface area (Å²) in [7, 11) is 0.